The Morgan fingerprint density at radius 3 is 2.80 bits per heavy atom. The SMILES string of the molecule is CCNC(=NCc1cccnc1OC1CCCC1)NCC(=O)N(C)C. The molecule has 0 bridgehead atoms. The normalized spacial score (nSPS) is 15.1. The van der Waals surface area contributed by atoms with E-state index in [-0.39, 0.29) is 18.6 Å². The predicted octanol–water partition coefficient (Wildman–Crippen LogP) is 1.55. The van der Waals surface area contributed by atoms with Gasteiger partial charge in [-0.3, -0.25) is 4.79 Å². The Kier molecular flexibility index (Phi) is 7.50. The molecule has 0 aromatic carbocycles. The van der Waals surface area contributed by atoms with E-state index in [1.54, 1.807) is 25.2 Å². The lowest BCUT2D eigenvalue weighted by Gasteiger charge is -2.16. The van der Waals surface area contributed by atoms with E-state index in [1.807, 2.05) is 19.1 Å². The number of ether oxygens (including phenoxy) is 1. The van der Waals surface area contributed by atoms with Crippen molar-refractivity contribution < 1.29 is 9.53 Å². The van der Waals surface area contributed by atoms with Gasteiger partial charge in [-0.1, -0.05) is 6.07 Å². The average Bonchev–Trinajstić information content (AvgIpc) is 3.11. The number of guanidine groups is 1. The van der Waals surface area contributed by atoms with E-state index in [2.05, 4.69) is 20.6 Å². The Balaban J connectivity index is 1.99. The van der Waals surface area contributed by atoms with E-state index in [0.29, 0.717) is 18.4 Å². The van der Waals surface area contributed by atoms with Gasteiger partial charge in [-0.15, -0.1) is 0 Å². The summed E-state index contributed by atoms with van der Waals surface area (Å²) in [5.74, 6) is 1.27. The highest BCUT2D eigenvalue weighted by Crippen LogP contribution is 2.25. The van der Waals surface area contributed by atoms with Crippen LogP contribution in [0.15, 0.2) is 23.3 Å². The van der Waals surface area contributed by atoms with Gasteiger partial charge in [-0.2, -0.15) is 0 Å². The van der Waals surface area contributed by atoms with E-state index in [1.165, 1.54) is 12.8 Å². The summed E-state index contributed by atoms with van der Waals surface area (Å²) in [5.41, 5.74) is 0.950. The molecule has 0 unspecified atom stereocenters. The molecule has 1 amide bonds. The van der Waals surface area contributed by atoms with Gasteiger partial charge in [0.25, 0.3) is 0 Å². The van der Waals surface area contributed by atoms with Crippen LogP contribution in [0.4, 0.5) is 0 Å². The first-order chi connectivity index (χ1) is 12.1. The lowest BCUT2D eigenvalue weighted by atomic mass is 10.2. The number of amides is 1. The summed E-state index contributed by atoms with van der Waals surface area (Å²) in [6.45, 7) is 3.36. The lowest BCUT2D eigenvalue weighted by molar-refractivity contribution is -0.127. The number of aromatic nitrogens is 1. The molecule has 0 radical (unpaired) electrons. The van der Waals surface area contributed by atoms with Crippen molar-refractivity contribution in [2.75, 3.05) is 27.2 Å². The van der Waals surface area contributed by atoms with Crippen molar-refractivity contribution >= 4 is 11.9 Å². The molecule has 1 aromatic heterocycles. The largest absolute Gasteiger partial charge is 0.474 e. The topological polar surface area (TPSA) is 78.9 Å². The summed E-state index contributed by atoms with van der Waals surface area (Å²) in [6, 6.07) is 3.87. The molecule has 7 nitrogen and oxygen atoms in total. The van der Waals surface area contributed by atoms with Gasteiger partial charge >= 0.3 is 0 Å². The van der Waals surface area contributed by atoms with Crippen LogP contribution in [0.1, 0.15) is 38.2 Å². The van der Waals surface area contributed by atoms with Crippen LogP contribution >= 0.6 is 0 Å². The minimum Gasteiger partial charge on any atom is -0.474 e. The molecule has 0 saturated heterocycles. The Morgan fingerprint density at radius 2 is 2.12 bits per heavy atom. The van der Waals surface area contributed by atoms with Crippen LogP contribution in [0.5, 0.6) is 5.88 Å². The van der Waals surface area contributed by atoms with Crippen molar-refractivity contribution in [3.05, 3.63) is 23.9 Å². The van der Waals surface area contributed by atoms with Crippen molar-refractivity contribution in [1.29, 1.82) is 0 Å². The number of nitrogens with one attached hydrogen (secondary N) is 2. The number of hydrogen-bond donors (Lipinski definition) is 2. The van der Waals surface area contributed by atoms with Crippen LogP contribution in [-0.4, -0.2) is 55.0 Å². The highest BCUT2D eigenvalue weighted by atomic mass is 16.5. The van der Waals surface area contributed by atoms with Crippen LogP contribution < -0.4 is 15.4 Å². The molecule has 138 valence electrons. The van der Waals surface area contributed by atoms with Crippen LogP contribution in [0.3, 0.4) is 0 Å². The first-order valence-electron chi connectivity index (χ1n) is 8.93. The number of nitrogens with zero attached hydrogens (tertiary/aromatic N) is 3. The van der Waals surface area contributed by atoms with E-state index >= 15 is 0 Å². The Labute approximate surface area is 149 Å². The molecule has 0 spiro atoms. The summed E-state index contributed by atoms with van der Waals surface area (Å²) in [7, 11) is 3.46. The smallest absolute Gasteiger partial charge is 0.241 e. The molecule has 1 aromatic rings. The fourth-order valence-electron chi connectivity index (χ4n) is 2.64. The van der Waals surface area contributed by atoms with Crippen molar-refractivity contribution in [1.82, 2.24) is 20.5 Å². The second kappa shape index (κ2) is 9.86. The van der Waals surface area contributed by atoms with Crippen LogP contribution in [0.25, 0.3) is 0 Å². The highest BCUT2D eigenvalue weighted by molar-refractivity contribution is 5.86. The van der Waals surface area contributed by atoms with Crippen molar-refractivity contribution in [2.45, 2.75) is 45.3 Å². The number of carbonyl (C=O) groups is 1. The standard InChI is InChI=1S/C18H29N5O2/c1-4-19-18(22-13-16(24)23(2)3)21-12-14-8-7-11-20-17(14)25-15-9-5-6-10-15/h7-8,11,15H,4-6,9-10,12-13H2,1-3H3,(H2,19,21,22). The number of pyridine rings is 1. The number of aliphatic imine (C=N–C) groups is 1. The van der Waals surface area contributed by atoms with Crippen LogP contribution in [-0.2, 0) is 11.3 Å². The van der Waals surface area contributed by atoms with Gasteiger partial charge < -0.3 is 20.3 Å². The van der Waals surface area contributed by atoms with E-state index in [9.17, 15) is 4.79 Å². The summed E-state index contributed by atoms with van der Waals surface area (Å²) in [4.78, 5) is 22.2. The third-order valence-electron chi connectivity index (χ3n) is 4.09. The molecule has 1 heterocycles. The minimum atomic E-state index is -0.00256. The molecule has 1 fully saturated rings. The van der Waals surface area contributed by atoms with Crippen molar-refractivity contribution in [3.63, 3.8) is 0 Å². The Bertz CT molecular complexity index is 583. The molecular formula is C18H29N5O2. The van der Waals surface area contributed by atoms with Crippen molar-refractivity contribution in [2.24, 2.45) is 4.99 Å². The van der Waals surface area contributed by atoms with Gasteiger partial charge in [0, 0.05) is 32.4 Å². The minimum absolute atomic E-state index is 0.00256. The first-order valence-corrected chi connectivity index (χ1v) is 8.93. The summed E-state index contributed by atoms with van der Waals surface area (Å²) < 4.78 is 6.05. The molecule has 1 saturated carbocycles. The zero-order valence-corrected chi connectivity index (χ0v) is 15.4. The molecule has 1 aliphatic rings. The summed E-state index contributed by atoms with van der Waals surface area (Å²) >= 11 is 0. The van der Waals surface area contributed by atoms with Gasteiger partial charge in [0.15, 0.2) is 5.96 Å². The fourth-order valence-corrected chi connectivity index (χ4v) is 2.64. The quantitative estimate of drug-likeness (QED) is 0.578. The second-order valence-corrected chi connectivity index (χ2v) is 6.33. The predicted molar refractivity (Wildman–Crippen MR) is 98.6 cm³/mol. The highest BCUT2D eigenvalue weighted by Gasteiger charge is 2.18. The molecule has 0 atom stereocenters. The monoisotopic (exact) mass is 347 g/mol. The van der Waals surface area contributed by atoms with E-state index in [0.717, 1.165) is 24.9 Å². The summed E-state index contributed by atoms with van der Waals surface area (Å²) in [6.07, 6.45) is 6.64. The Morgan fingerprint density at radius 1 is 1.36 bits per heavy atom. The zero-order valence-electron chi connectivity index (χ0n) is 15.4. The van der Waals surface area contributed by atoms with E-state index in [4.69, 9.17) is 4.74 Å². The maximum atomic E-state index is 11.7. The molecule has 7 heteroatoms. The van der Waals surface area contributed by atoms with Gasteiger partial charge in [0.2, 0.25) is 11.8 Å². The molecular weight excluding hydrogens is 318 g/mol. The third-order valence-corrected chi connectivity index (χ3v) is 4.09. The maximum absolute atomic E-state index is 11.7. The van der Waals surface area contributed by atoms with E-state index < -0.39 is 0 Å². The molecule has 0 aliphatic heterocycles. The molecule has 2 N–H and O–H groups in total. The number of carbonyl (C=O) groups excluding carboxylic acids is 1. The zero-order chi connectivity index (χ0) is 18.1. The van der Waals surface area contributed by atoms with Crippen molar-refractivity contribution in [3.8, 4) is 5.88 Å². The number of hydrogen-bond acceptors (Lipinski definition) is 4. The van der Waals surface area contributed by atoms with Gasteiger partial charge in [0.05, 0.1) is 13.1 Å². The third kappa shape index (κ3) is 6.25. The van der Waals surface area contributed by atoms with Gasteiger partial charge in [0.1, 0.15) is 6.10 Å². The average molecular weight is 347 g/mol. The first kappa shape index (κ1) is 19.0. The lowest BCUT2D eigenvalue weighted by Crippen LogP contribution is -2.42. The summed E-state index contributed by atoms with van der Waals surface area (Å²) in [5, 5.41) is 6.20. The number of likely N-dealkylation sites (N-methyl/N-ethyl adjacent to an activating group) is 1. The number of rotatable bonds is 7. The van der Waals surface area contributed by atoms with Gasteiger partial charge in [-0.05, 0) is 38.7 Å². The second-order valence-electron chi connectivity index (χ2n) is 6.33. The Hall–Kier alpha value is -2.31. The van der Waals surface area contributed by atoms with Crippen LogP contribution in [0.2, 0.25) is 0 Å². The van der Waals surface area contributed by atoms with Crippen LogP contribution in [0, 0.1) is 0 Å². The molecule has 25 heavy (non-hydrogen) atoms. The molecule has 1 aliphatic carbocycles. The molecule has 2 rings (SSSR count). The maximum Gasteiger partial charge on any atom is 0.241 e. The van der Waals surface area contributed by atoms with Gasteiger partial charge in [-0.25, -0.2) is 9.98 Å². The fraction of sp³-hybridized carbons (Fsp3) is 0.611.